The molecule has 0 aliphatic heterocycles. The van der Waals surface area contributed by atoms with Gasteiger partial charge in [-0.25, -0.2) is 4.98 Å². The van der Waals surface area contributed by atoms with E-state index in [4.69, 9.17) is 5.26 Å². The minimum atomic E-state index is -0.190. The fourth-order valence-electron chi connectivity index (χ4n) is 1.13. The molecule has 0 spiro atoms. The second-order valence-electron chi connectivity index (χ2n) is 3.00. The molecule has 1 amide bonds. The molecule has 6 heteroatoms. The van der Waals surface area contributed by atoms with Crippen LogP contribution in [0.2, 0.25) is 0 Å². The fourth-order valence-corrected chi connectivity index (χ4v) is 1.13. The van der Waals surface area contributed by atoms with Crippen molar-refractivity contribution in [3.05, 3.63) is 18.2 Å². The Labute approximate surface area is 87.9 Å². The van der Waals surface area contributed by atoms with Gasteiger partial charge in [0, 0.05) is 12.7 Å². The number of nitriles is 1. The number of carbonyl (C=O) groups is 1. The summed E-state index contributed by atoms with van der Waals surface area (Å²) in [6, 6.07) is 1.84. The van der Waals surface area contributed by atoms with E-state index in [9.17, 15) is 4.79 Å². The molecule has 0 unspecified atom stereocenters. The summed E-state index contributed by atoms with van der Waals surface area (Å²) in [4.78, 5) is 15.3. The molecule has 0 aliphatic carbocycles. The van der Waals surface area contributed by atoms with E-state index in [1.165, 1.54) is 0 Å². The molecule has 0 bridgehead atoms. The minimum Gasteiger partial charge on any atom is -0.341 e. The highest BCUT2D eigenvalue weighted by molar-refractivity contribution is 5.75. The van der Waals surface area contributed by atoms with E-state index < -0.39 is 0 Å². The lowest BCUT2D eigenvalue weighted by molar-refractivity contribution is -0.121. The number of nitrogens with one attached hydrogen (secondary N) is 2. The van der Waals surface area contributed by atoms with E-state index in [0.29, 0.717) is 6.54 Å². The Hall–Kier alpha value is -1.87. The molecule has 0 aliphatic rings. The van der Waals surface area contributed by atoms with Crippen LogP contribution in [-0.4, -0.2) is 29.1 Å². The number of nitrogens with zero attached hydrogens (tertiary/aromatic N) is 3. The van der Waals surface area contributed by atoms with E-state index in [0.717, 1.165) is 5.69 Å². The van der Waals surface area contributed by atoms with Crippen molar-refractivity contribution in [1.29, 1.82) is 5.26 Å². The third-order valence-corrected chi connectivity index (χ3v) is 1.74. The summed E-state index contributed by atoms with van der Waals surface area (Å²) < 4.78 is 1.68. The standard InChI is InChI=1S/C9H13N5O/c1-11-4-8-5-14(7-13-8)6-9(15)12-3-2-10/h5,7,11H,3-4,6H2,1H3,(H,12,15). The van der Waals surface area contributed by atoms with Crippen molar-refractivity contribution in [2.24, 2.45) is 0 Å². The molecule has 0 radical (unpaired) electrons. The third-order valence-electron chi connectivity index (χ3n) is 1.74. The quantitative estimate of drug-likeness (QED) is 0.622. The Morgan fingerprint density at radius 3 is 3.20 bits per heavy atom. The van der Waals surface area contributed by atoms with Gasteiger partial charge in [-0.2, -0.15) is 5.26 Å². The molecule has 1 heterocycles. The van der Waals surface area contributed by atoms with Gasteiger partial charge in [-0.15, -0.1) is 0 Å². The van der Waals surface area contributed by atoms with Gasteiger partial charge in [0.15, 0.2) is 0 Å². The van der Waals surface area contributed by atoms with Crippen LogP contribution in [0.4, 0.5) is 0 Å². The number of imidazole rings is 1. The summed E-state index contributed by atoms with van der Waals surface area (Å²) in [6.45, 7) is 0.905. The zero-order valence-electron chi connectivity index (χ0n) is 8.53. The highest BCUT2D eigenvalue weighted by Gasteiger charge is 2.02. The van der Waals surface area contributed by atoms with E-state index >= 15 is 0 Å². The average Bonchev–Trinajstić information content (AvgIpc) is 2.63. The van der Waals surface area contributed by atoms with Crippen LogP contribution in [0.5, 0.6) is 0 Å². The van der Waals surface area contributed by atoms with Crippen LogP contribution >= 0.6 is 0 Å². The average molecular weight is 207 g/mol. The zero-order valence-corrected chi connectivity index (χ0v) is 8.53. The maximum atomic E-state index is 11.2. The van der Waals surface area contributed by atoms with Crippen molar-refractivity contribution in [2.45, 2.75) is 13.1 Å². The largest absolute Gasteiger partial charge is 0.341 e. The summed E-state index contributed by atoms with van der Waals surface area (Å²) in [5.41, 5.74) is 0.880. The lowest BCUT2D eigenvalue weighted by Crippen LogP contribution is -2.27. The molecule has 0 fully saturated rings. The predicted molar refractivity (Wildman–Crippen MR) is 53.6 cm³/mol. The minimum absolute atomic E-state index is 0.0386. The lowest BCUT2D eigenvalue weighted by atomic mass is 10.5. The van der Waals surface area contributed by atoms with E-state index in [2.05, 4.69) is 15.6 Å². The molecule has 80 valence electrons. The molecule has 0 saturated heterocycles. The first kappa shape index (κ1) is 11.2. The Morgan fingerprint density at radius 1 is 1.73 bits per heavy atom. The molecule has 15 heavy (non-hydrogen) atoms. The smallest absolute Gasteiger partial charge is 0.240 e. The van der Waals surface area contributed by atoms with Crippen LogP contribution in [0.3, 0.4) is 0 Å². The van der Waals surface area contributed by atoms with Gasteiger partial charge < -0.3 is 15.2 Å². The second kappa shape index (κ2) is 5.78. The Kier molecular flexibility index (Phi) is 4.31. The van der Waals surface area contributed by atoms with Crippen LogP contribution < -0.4 is 10.6 Å². The predicted octanol–water partition coefficient (Wildman–Crippen LogP) is -0.758. The number of aromatic nitrogens is 2. The summed E-state index contributed by atoms with van der Waals surface area (Å²) in [5, 5.41) is 13.7. The first-order chi connectivity index (χ1) is 7.26. The summed E-state index contributed by atoms with van der Waals surface area (Å²) in [7, 11) is 1.83. The second-order valence-corrected chi connectivity index (χ2v) is 3.00. The van der Waals surface area contributed by atoms with Crippen LogP contribution in [0.25, 0.3) is 0 Å². The van der Waals surface area contributed by atoms with Gasteiger partial charge >= 0.3 is 0 Å². The molecular weight excluding hydrogens is 194 g/mol. The third kappa shape index (κ3) is 3.79. The van der Waals surface area contributed by atoms with Crippen LogP contribution in [-0.2, 0) is 17.9 Å². The molecular formula is C9H13N5O. The normalized spacial score (nSPS) is 9.60. The van der Waals surface area contributed by atoms with Crippen molar-refractivity contribution >= 4 is 5.91 Å². The van der Waals surface area contributed by atoms with Crippen molar-refractivity contribution < 1.29 is 4.79 Å². The monoisotopic (exact) mass is 207 g/mol. The topological polar surface area (TPSA) is 82.7 Å². The molecule has 1 rings (SSSR count). The number of carbonyl (C=O) groups excluding carboxylic acids is 1. The van der Waals surface area contributed by atoms with Crippen molar-refractivity contribution in [1.82, 2.24) is 20.2 Å². The first-order valence-electron chi connectivity index (χ1n) is 4.55. The number of hydrogen-bond donors (Lipinski definition) is 2. The van der Waals surface area contributed by atoms with Gasteiger partial charge in [-0.3, -0.25) is 4.79 Å². The van der Waals surface area contributed by atoms with Gasteiger partial charge in [-0.05, 0) is 7.05 Å². The summed E-state index contributed by atoms with van der Waals surface area (Å²) >= 11 is 0. The van der Waals surface area contributed by atoms with Gasteiger partial charge in [-0.1, -0.05) is 0 Å². The van der Waals surface area contributed by atoms with Crippen molar-refractivity contribution in [3.63, 3.8) is 0 Å². The number of rotatable bonds is 5. The lowest BCUT2D eigenvalue weighted by Gasteiger charge is -2.00. The van der Waals surface area contributed by atoms with Crippen LogP contribution in [0.15, 0.2) is 12.5 Å². The van der Waals surface area contributed by atoms with Gasteiger partial charge in [0.25, 0.3) is 0 Å². The van der Waals surface area contributed by atoms with Gasteiger partial charge in [0.1, 0.15) is 13.1 Å². The molecule has 1 aromatic rings. The van der Waals surface area contributed by atoms with Gasteiger partial charge in [0.2, 0.25) is 5.91 Å². The zero-order chi connectivity index (χ0) is 11.1. The van der Waals surface area contributed by atoms with E-state index in [-0.39, 0.29) is 19.0 Å². The highest BCUT2D eigenvalue weighted by Crippen LogP contribution is 1.95. The molecule has 1 aromatic heterocycles. The molecule has 0 saturated carbocycles. The Morgan fingerprint density at radius 2 is 2.53 bits per heavy atom. The van der Waals surface area contributed by atoms with Crippen LogP contribution in [0, 0.1) is 11.3 Å². The maximum absolute atomic E-state index is 11.2. The number of amides is 1. The maximum Gasteiger partial charge on any atom is 0.240 e. The summed E-state index contributed by atoms with van der Waals surface area (Å²) in [5.74, 6) is -0.190. The van der Waals surface area contributed by atoms with Crippen LogP contribution in [0.1, 0.15) is 5.69 Å². The first-order valence-corrected chi connectivity index (χ1v) is 4.55. The van der Waals surface area contributed by atoms with E-state index in [1.54, 1.807) is 17.1 Å². The highest BCUT2D eigenvalue weighted by atomic mass is 16.1. The fraction of sp³-hybridized carbons (Fsp3) is 0.444. The summed E-state index contributed by atoms with van der Waals surface area (Å²) in [6.07, 6.45) is 3.39. The van der Waals surface area contributed by atoms with Crippen molar-refractivity contribution in [3.8, 4) is 6.07 Å². The SMILES string of the molecule is CNCc1cn(CC(=O)NCC#N)cn1. The Bertz CT molecular complexity index is 365. The Balaban J connectivity index is 2.43. The molecule has 0 aromatic carbocycles. The number of hydrogen-bond acceptors (Lipinski definition) is 4. The van der Waals surface area contributed by atoms with Gasteiger partial charge in [0.05, 0.1) is 18.1 Å². The van der Waals surface area contributed by atoms with Crippen molar-refractivity contribution in [2.75, 3.05) is 13.6 Å². The molecule has 0 atom stereocenters. The molecule has 6 nitrogen and oxygen atoms in total. The molecule has 2 N–H and O–H groups in total. The van der Waals surface area contributed by atoms with E-state index in [1.807, 2.05) is 13.1 Å².